The van der Waals surface area contributed by atoms with Gasteiger partial charge in [0.05, 0.1) is 9.26 Å². The Hall–Kier alpha value is -1.24. The summed E-state index contributed by atoms with van der Waals surface area (Å²) in [5.74, 6) is 0.661. The molecule has 5 heteroatoms. The molecule has 0 bridgehead atoms. The van der Waals surface area contributed by atoms with Gasteiger partial charge < -0.3 is 5.73 Å². The van der Waals surface area contributed by atoms with Crippen molar-refractivity contribution in [2.45, 2.75) is 20.3 Å². The van der Waals surface area contributed by atoms with E-state index in [2.05, 4.69) is 32.6 Å². The molecule has 3 nitrogen and oxygen atoms in total. The van der Waals surface area contributed by atoms with Crippen molar-refractivity contribution in [2.75, 3.05) is 5.73 Å². The minimum Gasteiger partial charge on any atom is -0.383 e. The number of hydrogen-bond donors (Lipinski definition) is 1. The Morgan fingerprint density at radius 2 is 2.06 bits per heavy atom. The van der Waals surface area contributed by atoms with Gasteiger partial charge in [-0.1, -0.05) is 19.1 Å². The van der Waals surface area contributed by atoms with E-state index in [0.29, 0.717) is 22.8 Å². The predicted octanol–water partition coefficient (Wildman–Crippen LogP) is 3.34. The molecule has 0 saturated heterocycles. The molecule has 94 valence electrons. The number of halogens is 2. The van der Waals surface area contributed by atoms with E-state index >= 15 is 0 Å². The quantitative estimate of drug-likeness (QED) is 0.839. The van der Waals surface area contributed by atoms with E-state index in [1.165, 1.54) is 6.07 Å². The normalized spacial score (nSPS) is 10.7. The van der Waals surface area contributed by atoms with Crippen molar-refractivity contribution in [3.63, 3.8) is 0 Å². The molecule has 0 spiro atoms. The van der Waals surface area contributed by atoms with Gasteiger partial charge in [-0.05, 0) is 47.6 Å². The van der Waals surface area contributed by atoms with Crippen molar-refractivity contribution in [3.05, 3.63) is 38.8 Å². The summed E-state index contributed by atoms with van der Waals surface area (Å²) in [5.41, 5.74) is 7.99. The first-order chi connectivity index (χ1) is 8.52. The van der Waals surface area contributed by atoms with Crippen LogP contribution in [0.25, 0.3) is 11.4 Å². The average molecular weight is 357 g/mol. The van der Waals surface area contributed by atoms with Crippen LogP contribution in [0.5, 0.6) is 0 Å². The third kappa shape index (κ3) is 2.45. The second-order valence-electron chi connectivity index (χ2n) is 4.01. The van der Waals surface area contributed by atoms with Crippen molar-refractivity contribution in [1.29, 1.82) is 0 Å². The fraction of sp³-hybridized carbons (Fsp3) is 0.231. The fourth-order valence-corrected chi connectivity index (χ4v) is 2.23. The van der Waals surface area contributed by atoms with E-state index in [9.17, 15) is 4.39 Å². The summed E-state index contributed by atoms with van der Waals surface area (Å²) in [7, 11) is 0. The number of aromatic nitrogens is 2. The summed E-state index contributed by atoms with van der Waals surface area (Å²) >= 11 is 2.13. The number of nitrogens with two attached hydrogens (primary N) is 1. The standard InChI is InChI=1S/C13H13FIN3/c1-3-10-11(15)12(16)18-13(17-10)8-5-4-7(2)9(14)6-8/h4-6H,3H2,1-2H3,(H2,16,17,18). The van der Waals surface area contributed by atoms with Gasteiger partial charge in [-0.2, -0.15) is 0 Å². The van der Waals surface area contributed by atoms with Crippen LogP contribution in [-0.2, 0) is 6.42 Å². The first-order valence-electron chi connectivity index (χ1n) is 5.61. The van der Waals surface area contributed by atoms with E-state index in [1.807, 2.05) is 6.92 Å². The molecule has 2 N–H and O–H groups in total. The second kappa shape index (κ2) is 5.17. The first-order valence-corrected chi connectivity index (χ1v) is 6.69. The summed E-state index contributed by atoms with van der Waals surface area (Å²) in [6.45, 7) is 3.73. The molecule has 2 rings (SSSR count). The van der Waals surface area contributed by atoms with Crippen LogP contribution in [0.3, 0.4) is 0 Å². The van der Waals surface area contributed by atoms with E-state index in [4.69, 9.17) is 5.73 Å². The summed E-state index contributed by atoms with van der Waals surface area (Å²) in [6, 6.07) is 4.96. The number of benzene rings is 1. The molecule has 0 aliphatic rings. The zero-order valence-electron chi connectivity index (χ0n) is 10.2. The van der Waals surface area contributed by atoms with Crippen molar-refractivity contribution in [3.8, 4) is 11.4 Å². The molecule has 2 aromatic rings. The van der Waals surface area contributed by atoms with Gasteiger partial charge in [-0.25, -0.2) is 14.4 Å². The highest BCUT2D eigenvalue weighted by molar-refractivity contribution is 14.1. The van der Waals surface area contributed by atoms with Gasteiger partial charge in [-0.15, -0.1) is 0 Å². The van der Waals surface area contributed by atoms with Crippen molar-refractivity contribution in [1.82, 2.24) is 9.97 Å². The Balaban J connectivity index is 2.57. The number of hydrogen-bond acceptors (Lipinski definition) is 3. The molecule has 0 unspecified atom stereocenters. The zero-order chi connectivity index (χ0) is 13.3. The summed E-state index contributed by atoms with van der Waals surface area (Å²) < 4.78 is 14.4. The van der Waals surface area contributed by atoms with Crippen LogP contribution in [-0.4, -0.2) is 9.97 Å². The third-order valence-corrected chi connectivity index (χ3v) is 3.89. The van der Waals surface area contributed by atoms with Crippen LogP contribution in [0.2, 0.25) is 0 Å². The lowest BCUT2D eigenvalue weighted by Gasteiger charge is -2.08. The maximum Gasteiger partial charge on any atom is 0.161 e. The van der Waals surface area contributed by atoms with Crippen LogP contribution < -0.4 is 5.73 Å². The SMILES string of the molecule is CCc1nc(-c2ccc(C)c(F)c2)nc(N)c1I. The van der Waals surface area contributed by atoms with Crippen molar-refractivity contribution >= 4 is 28.4 Å². The Kier molecular flexibility index (Phi) is 3.79. The van der Waals surface area contributed by atoms with Crippen molar-refractivity contribution in [2.24, 2.45) is 0 Å². The van der Waals surface area contributed by atoms with Gasteiger partial charge in [0, 0.05) is 5.56 Å². The molecule has 0 aliphatic carbocycles. The van der Waals surface area contributed by atoms with Crippen molar-refractivity contribution < 1.29 is 4.39 Å². The van der Waals surface area contributed by atoms with E-state index < -0.39 is 0 Å². The smallest absolute Gasteiger partial charge is 0.161 e. The molecule has 0 fully saturated rings. The summed E-state index contributed by atoms with van der Waals surface area (Å²) in [5, 5.41) is 0. The lowest BCUT2D eigenvalue weighted by atomic mass is 10.1. The Morgan fingerprint density at radius 3 is 2.67 bits per heavy atom. The predicted molar refractivity (Wildman–Crippen MR) is 78.7 cm³/mol. The fourth-order valence-electron chi connectivity index (χ4n) is 1.61. The first kappa shape index (κ1) is 13.2. The minimum absolute atomic E-state index is 0.258. The lowest BCUT2D eigenvalue weighted by molar-refractivity contribution is 0.619. The van der Waals surface area contributed by atoms with Gasteiger partial charge in [-0.3, -0.25) is 0 Å². The van der Waals surface area contributed by atoms with Gasteiger partial charge in [0.25, 0.3) is 0 Å². The van der Waals surface area contributed by atoms with Gasteiger partial charge in [0.2, 0.25) is 0 Å². The number of rotatable bonds is 2. The molecule has 0 atom stereocenters. The minimum atomic E-state index is -0.258. The molecule has 0 saturated carbocycles. The highest BCUT2D eigenvalue weighted by atomic mass is 127. The monoisotopic (exact) mass is 357 g/mol. The van der Waals surface area contributed by atoms with Crippen LogP contribution >= 0.6 is 22.6 Å². The highest BCUT2D eigenvalue weighted by Crippen LogP contribution is 2.23. The lowest BCUT2D eigenvalue weighted by Crippen LogP contribution is -2.04. The molecule has 18 heavy (non-hydrogen) atoms. The molecule has 0 amide bonds. The number of nitrogens with zero attached hydrogens (tertiary/aromatic N) is 2. The van der Waals surface area contributed by atoms with Gasteiger partial charge >= 0.3 is 0 Å². The number of anilines is 1. The Labute approximate surface area is 119 Å². The molecule has 1 heterocycles. The molecule has 1 aromatic carbocycles. The van der Waals surface area contributed by atoms with Gasteiger partial charge in [0.15, 0.2) is 5.82 Å². The summed E-state index contributed by atoms with van der Waals surface area (Å²) in [4.78, 5) is 8.64. The third-order valence-electron chi connectivity index (χ3n) is 2.71. The maximum atomic E-state index is 13.5. The van der Waals surface area contributed by atoms with E-state index in [0.717, 1.165) is 15.7 Å². The largest absolute Gasteiger partial charge is 0.383 e. The van der Waals surface area contributed by atoms with Crippen LogP contribution in [0.4, 0.5) is 10.2 Å². The second-order valence-corrected chi connectivity index (χ2v) is 5.09. The Bertz CT molecular complexity index is 599. The zero-order valence-corrected chi connectivity index (χ0v) is 12.3. The van der Waals surface area contributed by atoms with E-state index in [1.54, 1.807) is 19.1 Å². The van der Waals surface area contributed by atoms with Crippen LogP contribution in [0.1, 0.15) is 18.2 Å². The average Bonchev–Trinajstić information content (AvgIpc) is 2.36. The van der Waals surface area contributed by atoms with Crippen LogP contribution in [0.15, 0.2) is 18.2 Å². The Morgan fingerprint density at radius 1 is 1.33 bits per heavy atom. The van der Waals surface area contributed by atoms with Crippen LogP contribution in [0, 0.1) is 16.3 Å². The van der Waals surface area contributed by atoms with E-state index in [-0.39, 0.29) is 5.82 Å². The molecular formula is C13H13FIN3. The molecule has 0 radical (unpaired) electrons. The molecular weight excluding hydrogens is 344 g/mol. The topological polar surface area (TPSA) is 51.8 Å². The maximum absolute atomic E-state index is 13.5. The highest BCUT2D eigenvalue weighted by Gasteiger charge is 2.11. The number of aryl methyl sites for hydroxylation is 2. The number of nitrogen functional groups attached to an aromatic ring is 1. The van der Waals surface area contributed by atoms with Gasteiger partial charge in [0.1, 0.15) is 11.6 Å². The summed E-state index contributed by atoms with van der Waals surface area (Å²) in [6.07, 6.45) is 0.770. The molecule has 0 aliphatic heterocycles. The molecule has 1 aromatic heterocycles.